The predicted octanol–water partition coefficient (Wildman–Crippen LogP) is 8.50. The van der Waals surface area contributed by atoms with E-state index in [0.29, 0.717) is 29.1 Å². The molecule has 24 heteroatoms. The molecule has 2 aliphatic heterocycles. The molecule has 2 aliphatic rings. The first kappa shape index (κ1) is 42.8. The lowest BCUT2D eigenvalue weighted by Gasteiger charge is -2.28. The number of aromatic nitrogens is 8. The highest BCUT2D eigenvalue weighted by molar-refractivity contribution is 6.40. The van der Waals surface area contributed by atoms with Gasteiger partial charge in [-0.25, -0.2) is 9.97 Å². The number of nitriles is 2. The second-order valence-corrected chi connectivity index (χ2v) is 10.7. The van der Waals surface area contributed by atoms with Crippen molar-refractivity contribution >= 4 is 98.8 Å². The van der Waals surface area contributed by atoms with Crippen LogP contribution in [-0.4, -0.2) is 81.4 Å². The molecule has 0 radical (unpaired) electrons. The fourth-order valence-electron chi connectivity index (χ4n) is 3.97. The maximum absolute atomic E-state index is 9.96. The van der Waals surface area contributed by atoms with E-state index in [4.69, 9.17) is 90.9 Å². The molecule has 20 nitrogen and oxygen atoms in total. The Morgan fingerprint density at radius 1 is 0.625 bits per heavy atom. The van der Waals surface area contributed by atoms with Gasteiger partial charge in [-0.15, -0.1) is 29.9 Å². The lowest BCUT2D eigenvalue weighted by Crippen LogP contribution is -2.28. The van der Waals surface area contributed by atoms with Gasteiger partial charge in [0.25, 0.3) is 67.8 Å². The molecule has 0 bridgehead atoms. The third-order valence-corrected chi connectivity index (χ3v) is 7.35. The van der Waals surface area contributed by atoms with E-state index in [9.17, 15) is 4.39 Å². The number of nitrogens with zero attached hydrogens (tertiary/aromatic N) is 18. The highest BCUT2D eigenvalue weighted by Gasteiger charge is 2.36. The molecule has 1 fully saturated rings. The Bertz CT molecular complexity index is 2270. The summed E-state index contributed by atoms with van der Waals surface area (Å²) in [6.45, 7) is 43.0. The van der Waals surface area contributed by atoms with Crippen LogP contribution in [0, 0.1) is 62.1 Å². The smallest absolute Gasteiger partial charge is 0.295 e. The van der Waals surface area contributed by atoms with Crippen LogP contribution in [0.3, 0.4) is 0 Å². The maximum atomic E-state index is 9.96. The second-order valence-electron chi connectivity index (χ2n) is 9.63. The van der Waals surface area contributed by atoms with Crippen molar-refractivity contribution in [2.45, 2.75) is 12.8 Å². The summed E-state index contributed by atoms with van der Waals surface area (Å²) in [5.74, 6) is 0.950. The monoisotopic (exact) mass is 812 g/mol. The Hall–Kier alpha value is -7.60. The van der Waals surface area contributed by atoms with Crippen LogP contribution in [0.25, 0.3) is 29.1 Å². The first-order valence-corrected chi connectivity index (χ1v) is 15.8. The normalized spacial score (nSPS) is 11.2. The van der Waals surface area contributed by atoms with Crippen molar-refractivity contribution in [3.8, 4) is 12.1 Å². The Balaban J connectivity index is 0.000000287. The minimum absolute atomic E-state index is 0.0382. The van der Waals surface area contributed by atoms with E-state index >= 15 is 0 Å². The zero-order chi connectivity index (χ0) is 42.7. The number of nitrogens with one attached hydrogen (secondary N) is 1. The fraction of sp³-hybridized carbons (Fsp3) is 0.250. The first-order chi connectivity index (χ1) is 27.4. The third kappa shape index (κ3) is 10.5. The molecule has 1 N–H and O–H groups in total. The Labute approximate surface area is 335 Å². The average molecular weight is 814 g/mol. The van der Waals surface area contributed by atoms with E-state index in [1.165, 1.54) is 22.6 Å². The van der Waals surface area contributed by atoms with Crippen molar-refractivity contribution in [2.75, 3.05) is 56.6 Å². The third-order valence-electron chi connectivity index (χ3n) is 6.46. The van der Waals surface area contributed by atoms with Crippen molar-refractivity contribution in [3.05, 3.63) is 95.4 Å². The minimum atomic E-state index is -1.00. The van der Waals surface area contributed by atoms with E-state index < -0.39 is 7.15 Å². The Morgan fingerprint density at radius 3 is 1.21 bits per heavy atom. The number of hydrogen-bond donors (Lipinski definition) is 1. The molecule has 4 aromatic rings. The lowest BCUT2D eigenvalue weighted by molar-refractivity contribution is 0.198. The molecule has 0 aliphatic carbocycles. The molecule has 6 heterocycles. The van der Waals surface area contributed by atoms with Gasteiger partial charge in [0.1, 0.15) is 12.1 Å². The molecule has 0 amide bonds. The number of anilines is 5. The van der Waals surface area contributed by atoms with Crippen LogP contribution in [0.2, 0.25) is 15.5 Å². The van der Waals surface area contributed by atoms with Crippen molar-refractivity contribution < 1.29 is 10.5 Å². The second kappa shape index (κ2) is 21.8. The Kier molecular flexibility index (Phi) is 16.7. The summed E-state index contributed by atoms with van der Waals surface area (Å²) in [4.78, 5) is 52.8. The topological polar surface area (TPSA) is 205 Å². The van der Waals surface area contributed by atoms with Crippen LogP contribution in [-0.2, 0) is 4.74 Å². The summed E-state index contributed by atoms with van der Waals surface area (Å²) in [7, 11) is 3.88. The number of hydrogen-bond acceptors (Lipinski definition) is 14. The molecule has 56 heavy (non-hydrogen) atoms. The molecular weight excluding hydrogens is 792 g/mol. The zero-order valence-electron chi connectivity index (χ0n) is 30.0. The van der Waals surface area contributed by atoms with Gasteiger partial charge in [-0.2, -0.15) is 10.5 Å². The average Bonchev–Trinajstić information content (AvgIpc) is 3.84. The summed E-state index contributed by atoms with van der Waals surface area (Å²) in [6, 6.07) is 3.66. The van der Waals surface area contributed by atoms with Gasteiger partial charge in [-0.3, -0.25) is 14.2 Å². The summed E-state index contributed by atoms with van der Waals surface area (Å²) >= 11 is 16.6. The molecule has 278 valence electrons. The first-order valence-electron chi connectivity index (χ1n) is 15.4. The molecule has 0 atom stereocenters. The summed E-state index contributed by atoms with van der Waals surface area (Å²) in [5.41, 5.74) is -0.202. The molecular formula is C32H21Cl3FN19O. The van der Waals surface area contributed by atoms with E-state index in [1.54, 1.807) is 21.1 Å². The largest absolute Gasteiger partial charge is 0.381 e. The minimum Gasteiger partial charge on any atom is -0.381 e. The number of ether oxygens (including phenoxy) is 1. The number of halogens is 4. The number of alkyl halides is 1. The summed E-state index contributed by atoms with van der Waals surface area (Å²) < 4.78 is 20.4. The zero-order valence-corrected chi connectivity index (χ0v) is 31.3. The van der Waals surface area contributed by atoms with Crippen molar-refractivity contribution in [1.29, 1.82) is 10.5 Å². The van der Waals surface area contributed by atoms with Crippen LogP contribution >= 0.6 is 34.8 Å². The van der Waals surface area contributed by atoms with Gasteiger partial charge >= 0.3 is 0 Å². The van der Waals surface area contributed by atoms with Crippen LogP contribution in [0.15, 0.2) is 0 Å². The maximum Gasteiger partial charge on any atom is 0.295 e. The van der Waals surface area contributed by atoms with Gasteiger partial charge in [0.15, 0.2) is 23.0 Å². The van der Waals surface area contributed by atoms with Gasteiger partial charge in [0, 0.05) is 34.4 Å². The lowest BCUT2D eigenvalue weighted by atomic mass is 10.3. The van der Waals surface area contributed by atoms with E-state index in [0.717, 1.165) is 13.2 Å². The molecule has 4 aromatic heterocycles. The summed E-state index contributed by atoms with van der Waals surface area (Å²) in [6.07, 6.45) is 2.56. The van der Waals surface area contributed by atoms with Gasteiger partial charge in [0.2, 0.25) is 0 Å². The molecule has 0 unspecified atom stereocenters. The van der Waals surface area contributed by atoms with Crippen LogP contribution < -0.4 is 15.1 Å². The van der Waals surface area contributed by atoms with E-state index in [2.05, 4.69) is 74.3 Å². The van der Waals surface area contributed by atoms with Crippen LogP contribution in [0.1, 0.15) is 25.6 Å². The van der Waals surface area contributed by atoms with Crippen LogP contribution in [0.5, 0.6) is 0 Å². The van der Waals surface area contributed by atoms with Gasteiger partial charge in [0.05, 0.1) is 8.52 Å². The number of fused-ring (bicyclic) bond motifs is 2. The highest BCUT2D eigenvalue weighted by Crippen LogP contribution is 2.45. The van der Waals surface area contributed by atoms with Crippen molar-refractivity contribution in [3.63, 3.8) is 0 Å². The number of rotatable bonds is 1. The van der Waals surface area contributed by atoms with Gasteiger partial charge < -0.3 is 39.1 Å². The Morgan fingerprint density at radius 2 is 0.929 bits per heavy atom. The fourth-order valence-corrected chi connectivity index (χ4v) is 4.43. The van der Waals surface area contributed by atoms with E-state index in [-0.39, 0.29) is 61.8 Å². The van der Waals surface area contributed by atoms with Gasteiger partial charge in [-0.05, 0) is 47.6 Å². The quantitative estimate of drug-likeness (QED) is 0.179. The van der Waals surface area contributed by atoms with E-state index in [1.807, 2.05) is 12.1 Å². The van der Waals surface area contributed by atoms with Gasteiger partial charge in [-0.1, -0.05) is 39.4 Å². The standard InChI is InChI=1S/C14H6N10.C7H4ClN5.C6Cl2N4.C4H8O.CH3F/c1-17-9-10(18-2)22-14-13(21-9)23(3)11-12(24(14)4)20-8(6-16)7(5-15)19-11;1-9-5-4(8)12-6(10-2)7(11-3)13-5;1-9-5-6(10-2)12-4(8)3(7)11-5;1-2-4-5-3-1;1-2/h3-4H3;1H3,(H,9,13);;1-4H2;1H3/i;;;;1D. The molecule has 1 saturated heterocycles. The summed E-state index contributed by atoms with van der Waals surface area (Å²) in [5, 5.41) is 20.9. The SMILES string of the molecule is C1CCOC1.[2H]CF.[C-]#[N+]c1nc(Cl)c(Cl)nc1[N+]#[C-].[C-]#[N+]c1nc(Cl)c(NC)nc1[N+]#[C-].[C-]#[N+]c1nc2c(nc1[N+]#[C-])N(C)c1nc(C#N)c(C#N)nc1N2C. The molecule has 6 rings (SSSR count). The molecule has 0 spiro atoms. The van der Waals surface area contributed by atoms with Crippen molar-refractivity contribution in [2.24, 2.45) is 0 Å². The molecule has 0 aromatic carbocycles. The molecule has 0 saturated carbocycles. The predicted molar refractivity (Wildman–Crippen MR) is 203 cm³/mol. The van der Waals surface area contributed by atoms with Crippen LogP contribution in [0.4, 0.5) is 68.4 Å². The van der Waals surface area contributed by atoms with Crippen molar-refractivity contribution in [1.82, 2.24) is 39.9 Å². The highest BCUT2D eigenvalue weighted by atomic mass is 35.5.